The summed E-state index contributed by atoms with van der Waals surface area (Å²) >= 11 is 0. The first-order chi connectivity index (χ1) is 10.7. The van der Waals surface area contributed by atoms with E-state index in [2.05, 4.69) is 17.5 Å². The normalized spacial score (nSPS) is 11.3. The number of hydrogen-bond donors (Lipinski definition) is 1. The predicted molar refractivity (Wildman–Crippen MR) is 91.3 cm³/mol. The van der Waals surface area contributed by atoms with Crippen molar-refractivity contribution in [3.8, 4) is 5.75 Å². The number of hydrazone groups is 1. The highest BCUT2D eigenvalue weighted by atomic mass is 16.5. The molecule has 0 aliphatic rings. The molecule has 0 aromatic heterocycles. The van der Waals surface area contributed by atoms with Gasteiger partial charge in [0.05, 0.1) is 12.8 Å². The summed E-state index contributed by atoms with van der Waals surface area (Å²) in [6, 6.07) is 7.64. The van der Waals surface area contributed by atoms with Crippen LogP contribution in [0.4, 0.5) is 0 Å². The molecule has 1 N–H and O–H groups in total. The van der Waals surface area contributed by atoms with Gasteiger partial charge in [-0.05, 0) is 25.5 Å². The van der Waals surface area contributed by atoms with E-state index >= 15 is 0 Å². The Kier molecular flexibility index (Phi) is 8.96. The molecule has 0 radical (unpaired) electrons. The maximum absolute atomic E-state index is 11.7. The van der Waals surface area contributed by atoms with Crippen LogP contribution in [0, 0.1) is 0 Å². The number of ether oxygens (including phenoxy) is 1. The molecule has 122 valence electrons. The first-order valence-electron chi connectivity index (χ1n) is 8.15. The van der Waals surface area contributed by atoms with Gasteiger partial charge in [0.25, 0.3) is 0 Å². The van der Waals surface area contributed by atoms with E-state index in [-0.39, 0.29) is 5.91 Å². The monoisotopic (exact) mass is 304 g/mol. The number of nitrogens with zero attached hydrogens (tertiary/aromatic N) is 1. The highest BCUT2D eigenvalue weighted by molar-refractivity contribution is 5.99. The number of amides is 1. The molecule has 4 nitrogen and oxygen atoms in total. The molecule has 4 heteroatoms. The molecule has 1 aromatic rings. The first-order valence-corrected chi connectivity index (χ1v) is 8.15. The third-order valence-electron chi connectivity index (χ3n) is 3.59. The first kappa shape index (κ1) is 18.2. The van der Waals surface area contributed by atoms with Gasteiger partial charge in [-0.1, -0.05) is 51.2 Å². The number of carbonyl (C=O) groups excluding carboxylic acids is 1. The van der Waals surface area contributed by atoms with Crippen molar-refractivity contribution in [1.29, 1.82) is 0 Å². The summed E-state index contributed by atoms with van der Waals surface area (Å²) in [6.07, 6.45) is 7.61. The lowest BCUT2D eigenvalue weighted by Crippen LogP contribution is -2.18. The second kappa shape index (κ2) is 10.8. The topological polar surface area (TPSA) is 50.7 Å². The summed E-state index contributed by atoms with van der Waals surface area (Å²) in [4.78, 5) is 11.7. The Morgan fingerprint density at radius 1 is 1.18 bits per heavy atom. The molecule has 0 saturated heterocycles. The lowest BCUT2D eigenvalue weighted by molar-refractivity contribution is -0.121. The van der Waals surface area contributed by atoms with Gasteiger partial charge in [0.15, 0.2) is 0 Å². The molecule has 0 unspecified atom stereocenters. The SMILES string of the molecule is CCCCCCCCC(=O)NN=C(C)c1cccc(OC)c1. The van der Waals surface area contributed by atoms with Crippen LogP contribution in [-0.2, 0) is 4.79 Å². The zero-order chi connectivity index (χ0) is 16.2. The molecule has 0 bridgehead atoms. The third kappa shape index (κ3) is 7.25. The number of hydrogen-bond acceptors (Lipinski definition) is 3. The number of rotatable bonds is 10. The lowest BCUT2D eigenvalue weighted by Gasteiger charge is -2.05. The van der Waals surface area contributed by atoms with Crippen LogP contribution in [0.3, 0.4) is 0 Å². The number of benzene rings is 1. The van der Waals surface area contributed by atoms with Crippen LogP contribution in [0.1, 0.15) is 64.4 Å². The molecule has 0 spiro atoms. The van der Waals surface area contributed by atoms with Crippen LogP contribution in [0.15, 0.2) is 29.4 Å². The van der Waals surface area contributed by atoms with E-state index in [1.807, 2.05) is 31.2 Å². The van der Waals surface area contributed by atoms with Crippen LogP contribution < -0.4 is 10.2 Å². The summed E-state index contributed by atoms with van der Waals surface area (Å²) in [6.45, 7) is 4.08. The highest BCUT2D eigenvalue weighted by Crippen LogP contribution is 2.13. The van der Waals surface area contributed by atoms with Crippen LogP contribution in [-0.4, -0.2) is 18.7 Å². The third-order valence-corrected chi connectivity index (χ3v) is 3.59. The fraction of sp³-hybridized carbons (Fsp3) is 0.556. The zero-order valence-corrected chi connectivity index (χ0v) is 14.0. The average molecular weight is 304 g/mol. The Morgan fingerprint density at radius 3 is 2.64 bits per heavy atom. The van der Waals surface area contributed by atoms with Crippen molar-refractivity contribution in [2.24, 2.45) is 5.10 Å². The second-order valence-electron chi connectivity index (χ2n) is 5.48. The van der Waals surface area contributed by atoms with E-state index in [9.17, 15) is 4.79 Å². The van der Waals surface area contributed by atoms with Crippen molar-refractivity contribution in [3.63, 3.8) is 0 Å². The van der Waals surface area contributed by atoms with Crippen LogP contribution in [0.5, 0.6) is 5.75 Å². The molecule has 0 aliphatic carbocycles. The van der Waals surface area contributed by atoms with Gasteiger partial charge in [0.1, 0.15) is 5.75 Å². The van der Waals surface area contributed by atoms with Gasteiger partial charge in [-0.15, -0.1) is 0 Å². The Balaban J connectivity index is 2.31. The Hall–Kier alpha value is -1.84. The quantitative estimate of drug-likeness (QED) is 0.398. The molecule has 0 heterocycles. The Labute approximate surface area is 134 Å². The Bertz CT molecular complexity index is 484. The molecule has 1 rings (SSSR count). The zero-order valence-electron chi connectivity index (χ0n) is 14.0. The standard InChI is InChI=1S/C18H28N2O2/c1-4-5-6-7-8-9-13-18(21)20-19-15(2)16-11-10-12-17(14-16)22-3/h10-12,14H,4-9,13H2,1-3H3,(H,20,21). The van der Waals surface area contributed by atoms with E-state index in [1.54, 1.807) is 7.11 Å². The molecule has 0 atom stereocenters. The number of nitrogens with one attached hydrogen (secondary N) is 1. The molecule has 0 fully saturated rings. The maximum atomic E-state index is 11.7. The summed E-state index contributed by atoms with van der Waals surface area (Å²) in [5.74, 6) is 0.767. The Morgan fingerprint density at radius 2 is 1.91 bits per heavy atom. The maximum Gasteiger partial charge on any atom is 0.240 e. The van der Waals surface area contributed by atoms with E-state index in [0.29, 0.717) is 6.42 Å². The second-order valence-corrected chi connectivity index (χ2v) is 5.48. The van der Waals surface area contributed by atoms with Gasteiger partial charge in [-0.2, -0.15) is 5.10 Å². The smallest absolute Gasteiger partial charge is 0.240 e. The predicted octanol–water partition coefficient (Wildman–Crippen LogP) is 4.29. The minimum absolute atomic E-state index is 0.0160. The lowest BCUT2D eigenvalue weighted by atomic mass is 10.1. The van der Waals surface area contributed by atoms with Gasteiger partial charge < -0.3 is 4.74 Å². The summed E-state index contributed by atoms with van der Waals surface area (Å²) in [7, 11) is 1.63. The molecular weight excluding hydrogens is 276 g/mol. The minimum Gasteiger partial charge on any atom is -0.497 e. The van der Waals surface area contributed by atoms with Crippen molar-refractivity contribution in [2.75, 3.05) is 7.11 Å². The van der Waals surface area contributed by atoms with Crippen LogP contribution >= 0.6 is 0 Å². The largest absolute Gasteiger partial charge is 0.497 e. The molecule has 22 heavy (non-hydrogen) atoms. The molecular formula is C18H28N2O2. The van der Waals surface area contributed by atoms with E-state index in [1.165, 1.54) is 25.7 Å². The number of unbranched alkanes of at least 4 members (excludes halogenated alkanes) is 5. The van der Waals surface area contributed by atoms with E-state index in [0.717, 1.165) is 29.9 Å². The number of carbonyl (C=O) groups is 1. The van der Waals surface area contributed by atoms with Crippen molar-refractivity contribution in [1.82, 2.24) is 5.43 Å². The van der Waals surface area contributed by atoms with Crippen molar-refractivity contribution >= 4 is 11.6 Å². The van der Waals surface area contributed by atoms with Gasteiger partial charge in [0.2, 0.25) is 5.91 Å². The average Bonchev–Trinajstić information content (AvgIpc) is 2.55. The molecule has 1 aromatic carbocycles. The molecule has 0 aliphatic heterocycles. The van der Waals surface area contributed by atoms with Crippen molar-refractivity contribution in [2.45, 2.75) is 58.8 Å². The van der Waals surface area contributed by atoms with E-state index < -0.39 is 0 Å². The summed E-state index contributed by atoms with van der Waals surface area (Å²) in [5.41, 5.74) is 4.35. The van der Waals surface area contributed by atoms with Crippen LogP contribution in [0.2, 0.25) is 0 Å². The van der Waals surface area contributed by atoms with E-state index in [4.69, 9.17) is 4.74 Å². The highest BCUT2D eigenvalue weighted by Gasteiger charge is 2.02. The van der Waals surface area contributed by atoms with Crippen molar-refractivity contribution < 1.29 is 9.53 Å². The summed E-state index contributed by atoms with van der Waals surface area (Å²) in [5, 5.41) is 4.16. The van der Waals surface area contributed by atoms with Crippen molar-refractivity contribution in [3.05, 3.63) is 29.8 Å². The fourth-order valence-electron chi connectivity index (χ4n) is 2.18. The van der Waals surface area contributed by atoms with Gasteiger partial charge >= 0.3 is 0 Å². The van der Waals surface area contributed by atoms with Crippen LogP contribution in [0.25, 0.3) is 0 Å². The van der Waals surface area contributed by atoms with Gasteiger partial charge in [-0.25, -0.2) is 5.43 Å². The molecule has 0 saturated carbocycles. The van der Waals surface area contributed by atoms with Gasteiger partial charge in [0, 0.05) is 12.0 Å². The summed E-state index contributed by atoms with van der Waals surface area (Å²) < 4.78 is 5.18. The number of methoxy groups -OCH3 is 1. The fourth-order valence-corrected chi connectivity index (χ4v) is 2.18. The van der Waals surface area contributed by atoms with Gasteiger partial charge in [-0.3, -0.25) is 4.79 Å². The molecule has 1 amide bonds. The minimum atomic E-state index is -0.0160.